The monoisotopic (exact) mass is 433 g/mol. The quantitative estimate of drug-likeness (QED) is 0.562. The van der Waals surface area contributed by atoms with Crippen molar-refractivity contribution in [3.8, 4) is 0 Å². The first kappa shape index (κ1) is 21.5. The van der Waals surface area contributed by atoms with Crippen LogP contribution in [0.1, 0.15) is 37.5 Å². The SMILES string of the molecule is CC1=CC(C)(C)N(C)c2cc(F)c(/C=C3/C(=O)NC(=O)N(c4ccccc4C)C3=O)cc21. The van der Waals surface area contributed by atoms with Gasteiger partial charge in [-0.15, -0.1) is 0 Å². The topological polar surface area (TPSA) is 69.7 Å². The zero-order chi connectivity index (χ0) is 23.4. The van der Waals surface area contributed by atoms with E-state index < -0.39 is 23.7 Å². The number of barbiturate groups is 1. The van der Waals surface area contributed by atoms with Crippen molar-refractivity contribution in [1.29, 1.82) is 0 Å². The summed E-state index contributed by atoms with van der Waals surface area (Å²) < 4.78 is 15.1. The molecule has 6 nitrogen and oxygen atoms in total. The molecule has 0 atom stereocenters. The Morgan fingerprint density at radius 2 is 1.72 bits per heavy atom. The number of amides is 4. The van der Waals surface area contributed by atoms with Crippen molar-refractivity contribution in [2.75, 3.05) is 16.8 Å². The third-order valence-corrected chi connectivity index (χ3v) is 6.09. The van der Waals surface area contributed by atoms with E-state index in [0.717, 1.165) is 21.7 Å². The van der Waals surface area contributed by atoms with E-state index in [9.17, 15) is 14.4 Å². The van der Waals surface area contributed by atoms with Crippen molar-refractivity contribution in [3.63, 3.8) is 0 Å². The molecule has 164 valence electrons. The van der Waals surface area contributed by atoms with Gasteiger partial charge in [-0.25, -0.2) is 14.1 Å². The van der Waals surface area contributed by atoms with Gasteiger partial charge in [-0.1, -0.05) is 24.3 Å². The van der Waals surface area contributed by atoms with Gasteiger partial charge in [0.05, 0.1) is 11.2 Å². The van der Waals surface area contributed by atoms with Gasteiger partial charge in [0.1, 0.15) is 11.4 Å². The van der Waals surface area contributed by atoms with Gasteiger partial charge in [0, 0.05) is 23.9 Å². The van der Waals surface area contributed by atoms with Crippen LogP contribution >= 0.6 is 0 Å². The maximum Gasteiger partial charge on any atom is 0.335 e. The fourth-order valence-corrected chi connectivity index (χ4v) is 4.14. The number of carbonyl (C=O) groups excluding carboxylic acids is 3. The number of aryl methyl sites for hydroxylation is 1. The van der Waals surface area contributed by atoms with Crippen LogP contribution in [0.3, 0.4) is 0 Å². The van der Waals surface area contributed by atoms with Crippen LogP contribution in [0, 0.1) is 12.7 Å². The fraction of sp³-hybridized carbons (Fsp3) is 0.240. The molecule has 2 aliphatic heterocycles. The van der Waals surface area contributed by atoms with Crippen LogP contribution in [0.25, 0.3) is 11.6 Å². The Kier molecular flexibility index (Phi) is 5.00. The lowest BCUT2D eigenvalue weighted by atomic mass is 9.88. The normalized spacial score (nSPS) is 19.1. The number of rotatable bonds is 2. The number of hydrogen-bond acceptors (Lipinski definition) is 4. The van der Waals surface area contributed by atoms with Gasteiger partial charge >= 0.3 is 6.03 Å². The van der Waals surface area contributed by atoms with Crippen LogP contribution in [0.4, 0.5) is 20.6 Å². The molecule has 32 heavy (non-hydrogen) atoms. The van der Waals surface area contributed by atoms with Crippen molar-refractivity contribution in [2.24, 2.45) is 0 Å². The van der Waals surface area contributed by atoms with Crippen LogP contribution in [-0.2, 0) is 9.59 Å². The molecule has 0 saturated carbocycles. The van der Waals surface area contributed by atoms with Crippen molar-refractivity contribution in [3.05, 3.63) is 70.6 Å². The Balaban J connectivity index is 1.81. The Morgan fingerprint density at radius 3 is 2.41 bits per heavy atom. The van der Waals surface area contributed by atoms with Crippen LogP contribution in [0.2, 0.25) is 0 Å². The lowest BCUT2D eigenvalue weighted by molar-refractivity contribution is -0.122. The maximum atomic E-state index is 15.1. The average molecular weight is 433 g/mol. The number of imide groups is 2. The van der Waals surface area contributed by atoms with Crippen molar-refractivity contribution in [2.45, 2.75) is 33.2 Å². The second-order valence-electron chi connectivity index (χ2n) is 8.68. The summed E-state index contributed by atoms with van der Waals surface area (Å²) in [7, 11) is 1.89. The summed E-state index contributed by atoms with van der Waals surface area (Å²) >= 11 is 0. The predicted octanol–water partition coefficient (Wildman–Crippen LogP) is 4.43. The first-order valence-electron chi connectivity index (χ1n) is 10.3. The summed E-state index contributed by atoms with van der Waals surface area (Å²) in [5.74, 6) is -2.21. The molecule has 2 aliphatic rings. The van der Waals surface area contributed by atoms with Gasteiger partial charge in [0.15, 0.2) is 0 Å². The molecule has 2 aromatic rings. The zero-order valence-electron chi connectivity index (χ0n) is 18.6. The van der Waals surface area contributed by atoms with E-state index in [0.29, 0.717) is 11.3 Å². The number of urea groups is 1. The summed E-state index contributed by atoms with van der Waals surface area (Å²) in [6.07, 6.45) is 3.29. The van der Waals surface area contributed by atoms with Gasteiger partial charge < -0.3 is 4.90 Å². The molecular formula is C25H24FN3O3. The summed E-state index contributed by atoms with van der Waals surface area (Å²) in [6, 6.07) is 9.06. The molecule has 1 fully saturated rings. The average Bonchev–Trinajstić information content (AvgIpc) is 2.71. The maximum absolute atomic E-state index is 15.1. The highest BCUT2D eigenvalue weighted by Gasteiger charge is 2.38. The molecule has 0 bridgehead atoms. The molecule has 4 rings (SSSR count). The number of carbonyl (C=O) groups is 3. The molecule has 0 unspecified atom stereocenters. The van der Waals surface area contributed by atoms with E-state index in [1.807, 2.05) is 32.7 Å². The van der Waals surface area contributed by atoms with E-state index in [2.05, 4.69) is 11.4 Å². The van der Waals surface area contributed by atoms with E-state index in [-0.39, 0.29) is 16.7 Å². The number of hydrogen-bond donors (Lipinski definition) is 1. The largest absolute Gasteiger partial charge is 0.365 e. The molecule has 0 spiro atoms. The Morgan fingerprint density at radius 1 is 1.03 bits per heavy atom. The molecule has 4 amide bonds. The Labute approximate surface area is 186 Å². The molecule has 7 heteroatoms. The lowest BCUT2D eigenvalue weighted by Gasteiger charge is -2.40. The van der Waals surface area contributed by atoms with Gasteiger partial charge in [0.25, 0.3) is 11.8 Å². The standard InChI is InChI=1S/C25H24FN3O3/c1-14-8-6-7-9-20(14)29-23(31)18(22(30)27-24(29)32)11-16-10-17-15(2)13-25(3,4)28(5)21(17)12-19(16)26/h6-13H,1-5H3,(H,27,30,32)/b18-11-. The minimum atomic E-state index is -0.854. The second-order valence-corrected chi connectivity index (χ2v) is 8.68. The number of halogens is 1. The second kappa shape index (κ2) is 7.44. The predicted molar refractivity (Wildman–Crippen MR) is 123 cm³/mol. The van der Waals surface area contributed by atoms with Gasteiger partial charge in [0.2, 0.25) is 0 Å². The van der Waals surface area contributed by atoms with Crippen molar-refractivity contribution < 1.29 is 18.8 Å². The molecule has 1 N–H and O–H groups in total. The van der Waals surface area contributed by atoms with Crippen molar-refractivity contribution in [1.82, 2.24) is 5.32 Å². The minimum Gasteiger partial charge on any atom is -0.365 e. The summed E-state index contributed by atoms with van der Waals surface area (Å²) in [6.45, 7) is 7.77. The Bertz CT molecular complexity index is 1240. The number of allylic oxidation sites excluding steroid dienone is 1. The highest BCUT2D eigenvalue weighted by atomic mass is 19.1. The first-order valence-corrected chi connectivity index (χ1v) is 10.3. The van der Waals surface area contributed by atoms with Gasteiger partial charge in [-0.2, -0.15) is 0 Å². The number of anilines is 2. The summed E-state index contributed by atoms with van der Waals surface area (Å²) in [5, 5.41) is 2.18. The van der Waals surface area contributed by atoms with Crippen LogP contribution < -0.4 is 15.1 Å². The molecule has 2 aromatic carbocycles. The number of benzene rings is 2. The van der Waals surface area contributed by atoms with E-state index in [4.69, 9.17) is 0 Å². The van der Waals surface area contributed by atoms with E-state index in [1.54, 1.807) is 37.3 Å². The first-order chi connectivity index (χ1) is 15.0. The number of nitrogens with one attached hydrogen (secondary N) is 1. The molecule has 0 aliphatic carbocycles. The fourth-order valence-electron chi connectivity index (χ4n) is 4.14. The molecular weight excluding hydrogens is 409 g/mol. The highest BCUT2D eigenvalue weighted by molar-refractivity contribution is 6.39. The summed E-state index contributed by atoms with van der Waals surface area (Å²) in [5.41, 5.74) is 3.08. The molecule has 2 heterocycles. The van der Waals surface area contributed by atoms with Gasteiger partial charge in [-0.3, -0.25) is 14.9 Å². The smallest absolute Gasteiger partial charge is 0.335 e. The van der Waals surface area contributed by atoms with E-state index >= 15 is 4.39 Å². The van der Waals surface area contributed by atoms with Crippen LogP contribution in [0.5, 0.6) is 0 Å². The zero-order valence-corrected chi connectivity index (χ0v) is 18.6. The third-order valence-electron chi connectivity index (χ3n) is 6.09. The van der Waals surface area contributed by atoms with Gasteiger partial charge in [-0.05, 0) is 63.1 Å². The lowest BCUT2D eigenvalue weighted by Crippen LogP contribution is -2.54. The number of nitrogens with zero attached hydrogens (tertiary/aromatic N) is 2. The number of fused-ring (bicyclic) bond motifs is 1. The van der Waals surface area contributed by atoms with Crippen LogP contribution in [-0.4, -0.2) is 30.4 Å². The summed E-state index contributed by atoms with van der Waals surface area (Å²) in [4.78, 5) is 40.9. The third kappa shape index (κ3) is 3.39. The minimum absolute atomic E-state index is 0.0992. The highest BCUT2D eigenvalue weighted by Crippen LogP contribution is 2.39. The van der Waals surface area contributed by atoms with Crippen molar-refractivity contribution >= 4 is 40.9 Å². The molecule has 0 aromatic heterocycles. The van der Waals surface area contributed by atoms with E-state index in [1.165, 1.54) is 12.1 Å². The number of likely N-dealkylation sites (N-methyl/N-ethyl adjacent to an activating group) is 1. The molecule has 1 saturated heterocycles. The Hall–Kier alpha value is -3.74. The van der Waals surface area contributed by atoms with Crippen LogP contribution in [0.15, 0.2) is 48.0 Å². The molecule has 0 radical (unpaired) electrons. The number of para-hydroxylation sites is 1.